The Kier molecular flexibility index (Phi) is 16.4. The van der Waals surface area contributed by atoms with Crippen molar-refractivity contribution in [3.05, 3.63) is 16.7 Å². The standard InChI is InChI=1S/C10H16N5O14P3.CH4.3Na/c11-10-13-7-4(8(18)14-10)12-2-15(7)9-6(17)5(16)3(27-9)1-26-31(22,23)29-32(24,25)28-30(19,20)21;;;;/h2-3,5-6,9,16-17H,1H2,(H,22,23)(H,24,25)(H2,19,20,21)(H3,11,13,14,18);1H4;;;/q;;3*+1/p-3/t3-,5-,6-,9-;;;;/m1..../s1. The van der Waals surface area contributed by atoms with E-state index in [4.69, 9.17) is 15.4 Å². The van der Waals surface area contributed by atoms with E-state index in [1.807, 2.05) is 0 Å². The minimum Gasteiger partial charge on any atom is -0.756 e. The van der Waals surface area contributed by atoms with E-state index < -0.39 is 60.2 Å². The predicted molar refractivity (Wildman–Crippen MR) is 98.4 cm³/mol. The Morgan fingerprint density at radius 2 is 1.69 bits per heavy atom. The van der Waals surface area contributed by atoms with Crippen LogP contribution in [0, 0.1) is 0 Å². The number of nitrogens with zero attached hydrogens (tertiary/aromatic N) is 3. The number of imidazole rings is 1. The van der Waals surface area contributed by atoms with Gasteiger partial charge >= 0.3 is 88.7 Å². The molecule has 6 N–H and O–H groups in total. The predicted octanol–water partition coefficient (Wildman–Crippen LogP) is -12.6. The quantitative estimate of drug-likeness (QED) is 0.138. The van der Waals surface area contributed by atoms with Gasteiger partial charge in [0.05, 0.1) is 12.9 Å². The second-order valence-corrected chi connectivity index (χ2v) is 10.4. The van der Waals surface area contributed by atoms with Gasteiger partial charge < -0.3 is 44.8 Å². The van der Waals surface area contributed by atoms with Crippen LogP contribution in [0.4, 0.5) is 5.95 Å². The number of hydrogen-bond donors (Lipinski definition) is 5. The number of aromatic amines is 1. The van der Waals surface area contributed by atoms with E-state index in [1.54, 1.807) is 0 Å². The average molecular weight is 605 g/mol. The fraction of sp³-hybridized carbons (Fsp3) is 0.545. The first-order valence-electron chi connectivity index (χ1n) is 8.05. The van der Waals surface area contributed by atoms with Crippen molar-refractivity contribution in [1.82, 2.24) is 19.5 Å². The molecule has 0 saturated carbocycles. The molecule has 0 radical (unpaired) electrons. The van der Waals surface area contributed by atoms with Crippen molar-refractivity contribution in [3.63, 3.8) is 0 Å². The van der Waals surface area contributed by atoms with Gasteiger partial charge in [0.25, 0.3) is 29.0 Å². The van der Waals surface area contributed by atoms with Crippen molar-refractivity contribution in [2.45, 2.75) is 32.0 Å². The van der Waals surface area contributed by atoms with Gasteiger partial charge in [-0.05, 0) is 0 Å². The first-order valence-corrected chi connectivity index (χ1v) is 12.5. The van der Waals surface area contributed by atoms with Crippen LogP contribution in [0.15, 0.2) is 11.1 Å². The Labute approximate surface area is 268 Å². The Bertz CT molecular complexity index is 1220. The van der Waals surface area contributed by atoms with Crippen molar-refractivity contribution in [2.75, 3.05) is 12.3 Å². The van der Waals surface area contributed by atoms with E-state index in [1.165, 1.54) is 0 Å². The number of phosphoric ester groups is 1. The smallest absolute Gasteiger partial charge is 0.756 e. The summed E-state index contributed by atoms with van der Waals surface area (Å²) in [6.45, 7) is -1.12. The molecule has 1 saturated heterocycles. The van der Waals surface area contributed by atoms with Gasteiger partial charge in [0, 0.05) is 0 Å². The van der Waals surface area contributed by atoms with Crippen LogP contribution < -0.4 is 115 Å². The maximum atomic E-state index is 11.8. The van der Waals surface area contributed by atoms with Gasteiger partial charge in [-0.1, -0.05) is 7.43 Å². The largest absolute Gasteiger partial charge is 1.00 e. The summed E-state index contributed by atoms with van der Waals surface area (Å²) in [6.07, 6.45) is -5.57. The molecule has 3 unspecified atom stereocenters. The molecular formula is C11H17N5Na3O14P3. The van der Waals surface area contributed by atoms with Gasteiger partial charge in [-0.15, -0.1) is 0 Å². The monoisotopic (exact) mass is 605 g/mol. The van der Waals surface area contributed by atoms with Crippen LogP contribution >= 0.6 is 23.5 Å². The number of fused-ring (bicyclic) bond motifs is 1. The zero-order valence-electron chi connectivity index (χ0n) is 18.2. The number of nitrogen functional groups attached to an aromatic ring is 1. The molecule has 3 heterocycles. The van der Waals surface area contributed by atoms with E-state index >= 15 is 0 Å². The van der Waals surface area contributed by atoms with Gasteiger partial charge in [-0.2, -0.15) is 4.98 Å². The van der Waals surface area contributed by atoms with Crippen molar-refractivity contribution in [1.29, 1.82) is 0 Å². The minimum absolute atomic E-state index is 0. The molecule has 0 amide bonds. The number of aliphatic hydroxyl groups is 2. The number of H-pyrrole nitrogens is 1. The van der Waals surface area contributed by atoms with Crippen molar-refractivity contribution in [2.24, 2.45) is 0 Å². The number of phosphoric acid groups is 3. The summed E-state index contributed by atoms with van der Waals surface area (Å²) in [6, 6.07) is 0. The van der Waals surface area contributed by atoms with E-state index in [0.29, 0.717) is 0 Å². The molecule has 3 rings (SSSR count). The Morgan fingerprint density at radius 1 is 1.11 bits per heavy atom. The van der Waals surface area contributed by atoms with Crippen LogP contribution in [0.25, 0.3) is 11.2 Å². The van der Waals surface area contributed by atoms with Gasteiger partial charge in [-0.3, -0.25) is 28.0 Å². The van der Waals surface area contributed by atoms with E-state index in [0.717, 1.165) is 10.9 Å². The molecule has 36 heavy (non-hydrogen) atoms. The second-order valence-electron chi connectivity index (χ2n) is 6.14. The zero-order chi connectivity index (χ0) is 24.1. The first kappa shape index (κ1) is 39.6. The number of aromatic nitrogens is 4. The SMILES string of the molecule is C.Nc1nc2c(ncn2[C@@H]2O[C@H](COP(=O)([O-])OP(=O)([O-])OP(=O)([O-])O)[C@@H](O)[C@H]2O)c(=O)[nH]1.[Na+].[Na+].[Na+]. The maximum absolute atomic E-state index is 11.8. The number of aliphatic hydroxyl groups excluding tert-OH is 2. The number of nitrogens with one attached hydrogen (secondary N) is 1. The van der Waals surface area contributed by atoms with E-state index in [9.17, 15) is 43.4 Å². The molecule has 7 atom stereocenters. The average Bonchev–Trinajstić information content (AvgIpc) is 3.12. The van der Waals surface area contributed by atoms with Gasteiger partial charge in [0.1, 0.15) is 18.3 Å². The van der Waals surface area contributed by atoms with E-state index in [-0.39, 0.29) is 113 Å². The number of nitrogens with two attached hydrogens (primary N) is 1. The van der Waals surface area contributed by atoms with Crippen molar-refractivity contribution >= 4 is 40.6 Å². The fourth-order valence-electron chi connectivity index (χ4n) is 2.68. The van der Waals surface area contributed by atoms with Gasteiger partial charge in [0.2, 0.25) is 5.95 Å². The number of ether oxygens (including phenoxy) is 1. The van der Waals surface area contributed by atoms with Gasteiger partial charge in [-0.25, -0.2) is 13.6 Å². The molecule has 2 aromatic rings. The molecule has 0 aromatic carbocycles. The molecule has 188 valence electrons. The molecule has 0 bridgehead atoms. The molecule has 19 nitrogen and oxygen atoms in total. The van der Waals surface area contributed by atoms with Crippen LogP contribution in [0.2, 0.25) is 0 Å². The normalized spacial score (nSPS) is 26.2. The molecule has 1 aliphatic rings. The maximum Gasteiger partial charge on any atom is 1.00 e. The Hall–Kier alpha value is 1.44. The summed E-state index contributed by atoms with van der Waals surface area (Å²) >= 11 is 0. The molecule has 0 aliphatic carbocycles. The minimum atomic E-state index is -6.11. The molecular weight excluding hydrogens is 588 g/mol. The Morgan fingerprint density at radius 3 is 2.25 bits per heavy atom. The number of hydrogen-bond acceptors (Lipinski definition) is 16. The Balaban J connectivity index is 0. The second kappa shape index (κ2) is 14.9. The van der Waals surface area contributed by atoms with Crippen LogP contribution in [0.3, 0.4) is 0 Å². The summed E-state index contributed by atoms with van der Waals surface area (Å²) < 4.78 is 50.3. The number of anilines is 1. The molecule has 2 aromatic heterocycles. The van der Waals surface area contributed by atoms with Crippen LogP contribution in [0.5, 0.6) is 0 Å². The summed E-state index contributed by atoms with van der Waals surface area (Å²) in [5.41, 5.74) is 4.41. The number of rotatable bonds is 8. The molecule has 0 spiro atoms. The first-order chi connectivity index (χ1) is 14.6. The summed E-state index contributed by atoms with van der Waals surface area (Å²) in [5.74, 6) is -0.295. The third kappa shape index (κ3) is 10.1. The fourth-order valence-corrected chi connectivity index (χ4v) is 5.57. The summed E-state index contributed by atoms with van der Waals surface area (Å²) in [5, 5.41) is 20.3. The molecule has 25 heteroatoms. The third-order valence-corrected chi connectivity index (χ3v) is 7.55. The van der Waals surface area contributed by atoms with Crippen LogP contribution in [0.1, 0.15) is 13.7 Å². The zero-order valence-corrected chi connectivity index (χ0v) is 26.9. The van der Waals surface area contributed by atoms with E-state index in [2.05, 4.69) is 28.1 Å². The summed E-state index contributed by atoms with van der Waals surface area (Å²) in [4.78, 5) is 63.2. The summed E-state index contributed by atoms with van der Waals surface area (Å²) in [7, 11) is -17.8. The topological polar surface area (TPSA) is 308 Å². The van der Waals surface area contributed by atoms with Crippen molar-refractivity contribution in [3.8, 4) is 0 Å². The van der Waals surface area contributed by atoms with Crippen LogP contribution in [-0.4, -0.2) is 59.5 Å². The molecule has 1 fully saturated rings. The van der Waals surface area contributed by atoms with Gasteiger partial charge in [0.15, 0.2) is 17.4 Å². The third-order valence-electron chi connectivity index (χ3n) is 3.86. The van der Waals surface area contributed by atoms with Crippen LogP contribution in [-0.2, 0) is 31.6 Å². The van der Waals surface area contributed by atoms with Crippen molar-refractivity contribution < 1.29 is 150 Å². The molecule has 1 aliphatic heterocycles.